The van der Waals surface area contributed by atoms with Crippen LogP contribution in [-0.2, 0) is 9.59 Å². The van der Waals surface area contributed by atoms with Crippen molar-refractivity contribution in [3.63, 3.8) is 0 Å². The number of primary amides is 1. The summed E-state index contributed by atoms with van der Waals surface area (Å²) in [7, 11) is 0. The fourth-order valence-corrected chi connectivity index (χ4v) is 0.615. The first-order chi connectivity index (χ1) is 5.04. The first-order valence-corrected chi connectivity index (χ1v) is 3.30. The highest BCUT2D eigenvalue weighted by Gasteiger charge is 2.08. The lowest BCUT2D eigenvalue weighted by Gasteiger charge is -2.04. The topological polar surface area (TPSA) is 106 Å². The third kappa shape index (κ3) is 5.35. The molecule has 0 saturated carbocycles. The molecule has 5 N–H and O–H groups in total. The molecule has 0 saturated heterocycles. The molecular formula is C6H12N2O3. The molecule has 0 aromatic heterocycles. The molecule has 0 radical (unpaired) electrons. The minimum absolute atomic E-state index is 0.0287. The van der Waals surface area contributed by atoms with Crippen molar-refractivity contribution in [2.24, 2.45) is 11.5 Å². The molecule has 0 rings (SSSR count). The van der Waals surface area contributed by atoms with Crippen LogP contribution in [0.25, 0.3) is 0 Å². The zero-order chi connectivity index (χ0) is 8.85. The maximum Gasteiger partial charge on any atom is 0.303 e. The summed E-state index contributed by atoms with van der Waals surface area (Å²) in [5, 5.41) is 8.21. The van der Waals surface area contributed by atoms with E-state index in [-0.39, 0.29) is 6.42 Å². The second-order valence-corrected chi connectivity index (χ2v) is 2.29. The van der Waals surface area contributed by atoms with Crippen LogP contribution in [0.2, 0.25) is 0 Å². The monoisotopic (exact) mass is 160 g/mol. The average Bonchev–Trinajstić information content (AvgIpc) is 1.86. The summed E-state index contributed by atoms with van der Waals surface area (Å²) in [5.41, 5.74) is 10.1. The van der Waals surface area contributed by atoms with E-state index in [1.165, 1.54) is 0 Å². The quantitative estimate of drug-likeness (QED) is 0.482. The van der Waals surface area contributed by atoms with Crippen LogP contribution in [-0.4, -0.2) is 23.0 Å². The molecule has 0 aliphatic carbocycles. The van der Waals surface area contributed by atoms with Crippen molar-refractivity contribution in [2.75, 3.05) is 0 Å². The van der Waals surface area contributed by atoms with E-state index >= 15 is 0 Å². The van der Waals surface area contributed by atoms with E-state index < -0.39 is 17.9 Å². The van der Waals surface area contributed by atoms with E-state index in [1.807, 2.05) is 0 Å². The van der Waals surface area contributed by atoms with Gasteiger partial charge in [-0.15, -0.1) is 0 Å². The fraction of sp³-hybridized carbons (Fsp3) is 0.667. The zero-order valence-corrected chi connectivity index (χ0v) is 6.12. The third-order valence-corrected chi connectivity index (χ3v) is 1.27. The average molecular weight is 160 g/mol. The molecule has 1 unspecified atom stereocenters. The van der Waals surface area contributed by atoms with Crippen LogP contribution >= 0.6 is 0 Å². The largest absolute Gasteiger partial charge is 0.481 e. The summed E-state index contributed by atoms with van der Waals surface area (Å²) in [5.74, 6) is -1.47. The lowest BCUT2D eigenvalue weighted by atomic mass is 10.1. The van der Waals surface area contributed by atoms with Crippen molar-refractivity contribution >= 4 is 11.9 Å². The Morgan fingerprint density at radius 3 is 2.36 bits per heavy atom. The lowest BCUT2D eigenvalue weighted by Crippen LogP contribution is -2.36. The SMILES string of the molecule is NC(=O)C(N)CCCC(=O)O. The van der Waals surface area contributed by atoms with Gasteiger partial charge in [-0.3, -0.25) is 9.59 Å². The zero-order valence-electron chi connectivity index (χ0n) is 6.12. The normalized spacial score (nSPS) is 12.5. The minimum Gasteiger partial charge on any atom is -0.481 e. The number of amides is 1. The molecule has 5 nitrogen and oxygen atoms in total. The predicted molar refractivity (Wildman–Crippen MR) is 38.7 cm³/mol. The predicted octanol–water partition coefficient (Wildman–Crippen LogP) is -0.946. The van der Waals surface area contributed by atoms with Gasteiger partial charge in [0.2, 0.25) is 5.91 Å². The standard InChI is InChI=1S/C6H12N2O3/c7-4(6(8)11)2-1-3-5(9)10/h4H,1-3,7H2,(H2,8,11)(H,9,10). The van der Waals surface area contributed by atoms with Crippen molar-refractivity contribution in [1.82, 2.24) is 0 Å². The van der Waals surface area contributed by atoms with E-state index in [9.17, 15) is 9.59 Å². The molecule has 0 aromatic rings. The van der Waals surface area contributed by atoms with Gasteiger partial charge in [-0.25, -0.2) is 0 Å². The molecule has 1 atom stereocenters. The van der Waals surface area contributed by atoms with Gasteiger partial charge >= 0.3 is 5.97 Å². The van der Waals surface area contributed by atoms with Crippen LogP contribution in [0, 0.1) is 0 Å². The number of rotatable bonds is 5. The Labute approximate surface area is 64.4 Å². The molecule has 5 heteroatoms. The van der Waals surface area contributed by atoms with Gasteiger partial charge in [-0.1, -0.05) is 0 Å². The van der Waals surface area contributed by atoms with Crippen LogP contribution in [0.15, 0.2) is 0 Å². The molecule has 1 amide bonds. The van der Waals surface area contributed by atoms with Crippen LogP contribution in [0.1, 0.15) is 19.3 Å². The number of hydrogen-bond acceptors (Lipinski definition) is 3. The fourth-order valence-electron chi connectivity index (χ4n) is 0.615. The first kappa shape index (κ1) is 9.90. The van der Waals surface area contributed by atoms with E-state index in [0.29, 0.717) is 12.8 Å². The Kier molecular flexibility index (Phi) is 4.21. The summed E-state index contributed by atoms with van der Waals surface area (Å²) in [6, 6.07) is -0.714. The Balaban J connectivity index is 3.39. The molecule has 11 heavy (non-hydrogen) atoms. The van der Waals surface area contributed by atoms with Crippen molar-refractivity contribution in [3.05, 3.63) is 0 Å². The number of aliphatic carboxylic acids is 1. The Morgan fingerprint density at radius 1 is 1.45 bits per heavy atom. The van der Waals surface area contributed by atoms with Crippen LogP contribution in [0.5, 0.6) is 0 Å². The summed E-state index contributed by atoms with van der Waals surface area (Å²) in [4.78, 5) is 20.3. The number of nitrogens with two attached hydrogens (primary N) is 2. The van der Waals surface area contributed by atoms with Gasteiger partial charge in [0.05, 0.1) is 6.04 Å². The molecule has 64 valence electrons. The molecule has 0 heterocycles. The van der Waals surface area contributed by atoms with Gasteiger partial charge < -0.3 is 16.6 Å². The third-order valence-electron chi connectivity index (χ3n) is 1.27. The van der Waals surface area contributed by atoms with Gasteiger partial charge in [-0.05, 0) is 12.8 Å². The molecule has 0 bridgehead atoms. The van der Waals surface area contributed by atoms with Gasteiger partial charge in [0.15, 0.2) is 0 Å². The van der Waals surface area contributed by atoms with Crippen LogP contribution < -0.4 is 11.5 Å². The van der Waals surface area contributed by atoms with Crippen molar-refractivity contribution in [2.45, 2.75) is 25.3 Å². The Bertz CT molecular complexity index is 158. The number of carboxylic acids is 1. The molecule has 0 aliphatic heterocycles. The minimum atomic E-state index is -0.887. The Hall–Kier alpha value is -1.10. The second kappa shape index (κ2) is 4.68. The van der Waals surface area contributed by atoms with E-state index in [2.05, 4.69) is 0 Å². The van der Waals surface area contributed by atoms with Gasteiger partial charge in [0.1, 0.15) is 0 Å². The Morgan fingerprint density at radius 2 is 2.00 bits per heavy atom. The number of carbonyl (C=O) groups is 2. The van der Waals surface area contributed by atoms with Crippen molar-refractivity contribution in [1.29, 1.82) is 0 Å². The molecule has 0 fully saturated rings. The van der Waals surface area contributed by atoms with Gasteiger partial charge in [0, 0.05) is 6.42 Å². The number of hydrogen-bond donors (Lipinski definition) is 3. The van der Waals surface area contributed by atoms with Crippen molar-refractivity contribution < 1.29 is 14.7 Å². The first-order valence-electron chi connectivity index (χ1n) is 3.30. The molecule has 0 aliphatic rings. The molecular weight excluding hydrogens is 148 g/mol. The van der Waals surface area contributed by atoms with Gasteiger partial charge in [-0.2, -0.15) is 0 Å². The molecule has 0 spiro atoms. The maximum absolute atomic E-state index is 10.3. The van der Waals surface area contributed by atoms with Crippen molar-refractivity contribution in [3.8, 4) is 0 Å². The molecule has 0 aromatic carbocycles. The summed E-state index contributed by atoms with van der Waals surface area (Å²) in [6.07, 6.45) is 0.752. The van der Waals surface area contributed by atoms with Crippen LogP contribution in [0.3, 0.4) is 0 Å². The maximum atomic E-state index is 10.3. The highest BCUT2D eigenvalue weighted by atomic mass is 16.4. The summed E-state index contributed by atoms with van der Waals surface area (Å²) in [6.45, 7) is 0. The summed E-state index contributed by atoms with van der Waals surface area (Å²) >= 11 is 0. The van der Waals surface area contributed by atoms with E-state index in [4.69, 9.17) is 16.6 Å². The second-order valence-electron chi connectivity index (χ2n) is 2.29. The van der Waals surface area contributed by atoms with E-state index in [0.717, 1.165) is 0 Å². The van der Waals surface area contributed by atoms with E-state index in [1.54, 1.807) is 0 Å². The highest BCUT2D eigenvalue weighted by Crippen LogP contribution is 1.97. The summed E-state index contributed by atoms with van der Waals surface area (Å²) < 4.78 is 0. The number of carbonyl (C=O) groups excluding carboxylic acids is 1. The van der Waals surface area contributed by atoms with Gasteiger partial charge in [0.25, 0.3) is 0 Å². The van der Waals surface area contributed by atoms with Crippen LogP contribution in [0.4, 0.5) is 0 Å². The highest BCUT2D eigenvalue weighted by molar-refractivity contribution is 5.79. The lowest BCUT2D eigenvalue weighted by molar-refractivity contribution is -0.137. The smallest absolute Gasteiger partial charge is 0.303 e. The number of carboxylic acid groups (broad SMARTS) is 1.